The molecule has 2 aliphatic heterocycles. The summed E-state index contributed by atoms with van der Waals surface area (Å²) in [5, 5.41) is 3.25. The first-order chi connectivity index (χ1) is 11.6. The fraction of sp³-hybridized carbons (Fsp3) is 0.529. The molecular weight excluding hydrogens is 332 g/mol. The summed E-state index contributed by atoms with van der Waals surface area (Å²) in [7, 11) is 1.53. The number of nitrogens with zero attached hydrogens (tertiary/aromatic N) is 1. The Morgan fingerprint density at radius 1 is 1.50 bits per heavy atom. The second kappa shape index (κ2) is 7.40. The number of nitrogens with one attached hydrogen (secondary N) is 1. The van der Waals surface area contributed by atoms with E-state index in [-0.39, 0.29) is 30.3 Å². The SMILES string of the molecule is COc1ccc(NC(=O)C2CC(=O)N(CC3CCCO3)C2)cc1Cl. The molecule has 0 aromatic heterocycles. The number of halogens is 1. The van der Waals surface area contributed by atoms with Gasteiger partial charge in [-0.05, 0) is 31.0 Å². The zero-order chi connectivity index (χ0) is 17.1. The Hall–Kier alpha value is -1.79. The fourth-order valence-electron chi connectivity index (χ4n) is 3.15. The van der Waals surface area contributed by atoms with Crippen LogP contribution < -0.4 is 10.1 Å². The molecule has 1 aromatic rings. The minimum absolute atomic E-state index is 0.0124. The molecule has 24 heavy (non-hydrogen) atoms. The first-order valence-corrected chi connectivity index (χ1v) is 8.48. The van der Waals surface area contributed by atoms with Crippen LogP contribution in [0.25, 0.3) is 0 Å². The van der Waals surface area contributed by atoms with Gasteiger partial charge in [-0.2, -0.15) is 0 Å². The summed E-state index contributed by atoms with van der Waals surface area (Å²) in [6.45, 7) is 1.78. The zero-order valence-electron chi connectivity index (χ0n) is 13.6. The van der Waals surface area contributed by atoms with Crippen LogP contribution in [-0.2, 0) is 14.3 Å². The number of likely N-dealkylation sites (tertiary alicyclic amines) is 1. The van der Waals surface area contributed by atoms with Gasteiger partial charge in [-0.1, -0.05) is 11.6 Å². The maximum atomic E-state index is 12.4. The molecule has 2 amide bonds. The third-order valence-electron chi connectivity index (χ3n) is 4.45. The molecule has 0 radical (unpaired) electrons. The average Bonchev–Trinajstić information content (AvgIpc) is 3.18. The molecule has 130 valence electrons. The van der Waals surface area contributed by atoms with E-state index >= 15 is 0 Å². The van der Waals surface area contributed by atoms with E-state index in [4.69, 9.17) is 21.1 Å². The molecule has 6 nitrogen and oxygen atoms in total. The van der Waals surface area contributed by atoms with Crippen LogP contribution in [0, 0.1) is 5.92 Å². The first kappa shape index (κ1) is 17.0. The van der Waals surface area contributed by atoms with E-state index in [1.165, 1.54) is 7.11 Å². The maximum absolute atomic E-state index is 12.4. The third kappa shape index (κ3) is 3.82. The summed E-state index contributed by atoms with van der Waals surface area (Å²) >= 11 is 6.06. The molecule has 1 aromatic carbocycles. The van der Waals surface area contributed by atoms with Gasteiger partial charge >= 0.3 is 0 Å². The highest BCUT2D eigenvalue weighted by Crippen LogP contribution is 2.28. The van der Waals surface area contributed by atoms with Gasteiger partial charge in [-0.25, -0.2) is 0 Å². The topological polar surface area (TPSA) is 67.9 Å². The lowest BCUT2D eigenvalue weighted by atomic mass is 10.1. The van der Waals surface area contributed by atoms with Crippen LogP contribution in [0.3, 0.4) is 0 Å². The second-order valence-corrected chi connectivity index (χ2v) is 6.58. The van der Waals surface area contributed by atoms with Gasteiger partial charge in [0.25, 0.3) is 0 Å². The highest BCUT2D eigenvalue weighted by atomic mass is 35.5. The summed E-state index contributed by atoms with van der Waals surface area (Å²) in [6.07, 6.45) is 2.36. The molecule has 3 rings (SSSR count). The number of hydrogen-bond donors (Lipinski definition) is 1. The largest absolute Gasteiger partial charge is 0.495 e. The van der Waals surface area contributed by atoms with Crippen LogP contribution in [0.2, 0.25) is 5.02 Å². The van der Waals surface area contributed by atoms with Gasteiger partial charge in [0.05, 0.1) is 24.2 Å². The summed E-state index contributed by atoms with van der Waals surface area (Å²) in [5.41, 5.74) is 0.593. The molecule has 2 saturated heterocycles. The molecule has 0 aliphatic carbocycles. The van der Waals surface area contributed by atoms with Crippen molar-refractivity contribution in [1.29, 1.82) is 0 Å². The Labute approximate surface area is 146 Å². The minimum atomic E-state index is -0.347. The van der Waals surface area contributed by atoms with Crippen molar-refractivity contribution in [2.24, 2.45) is 5.92 Å². The lowest BCUT2D eigenvalue weighted by molar-refractivity contribution is -0.129. The van der Waals surface area contributed by atoms with Gasteiger partial charge in [-0.15, -0.1) is 0 Å². The van der Waals surface area contributed by atoms with Crippen molar-refractivity contribution in [2.45, 2.75) is 25.4 Å². The van der Waals surface area contributed by atoms with Crippen molar-refractivity contribution in [3.8, 4) is 5.75 Å². The van der Waals surface area contributed by atoms with Crippen molar-refractivity contribution >= 4 is 29.1 Å². The fourth-order valence-corrected chi connectivity index (χ4v) is 3.40. The van der Waals surface area contributed by atoms with E-state index in [9.17, 15) is 9.59 Å². The van der Waals surface area contributed by atoms with Gasteiger partial charge < -0.3 is 19.7 Å². The predicted octanol–water partition coefficient (Wildman–Crippen LogP) is 2.31. The summed E-state index contributed by atoms with van der Waals surface area (Å²) in [6, 6.07) is 5.06. The van der Waals surface area contributed by atoms with Crippen LogP contribution >= 0.6 is 11.6 Å². The van der Waals surface area contributed by atoms with E-state index in [0.717, 1.165) is 19.4 Å². The molecule has 2 fully saturated rings. The van der Waals surface area contributed by atoms with Crippen LogP contribution in [-0.4, -0.2) is 49.6 Å². The van der Waals surface area contributed by atoms with Crippen molar-refractivity contribution in [2.75, 3.05) is 32.1 Å². The van der Waals surface area contributed by atoms with Crippen molar-refractivity contribution < 1.29 is 19.1 Å². The molecule has 0 bridgehead atoms. The normalized spacial score (nSPS) is 23.6. The zero-order valence-corrected chi connectivity index (χ0v) is 14.3. The van der Waals surface area contributed by atoms with Gasteiger partial charge in [0.15, 0.2) is 0 Å². The lowest BCUT2D eigenvalue weighted by Gasteiger charge is -2.20. The molecule has 7 heteroatoms. The summed E-state index contributed by atoms with van der Waals surface area (Å²) in [5.74, 6) is 0.0473. The molecule has 2 aliphatic rings. The van der Waals surface area contributed by atoms with E-state index in [2.05, 4.69) is 5.32 Å². The number of carbonyl (C=O) groups excluding carboxylic acids is 2. The Kier molecular flexibility index (Phi) is 5.26. The molecule has 0 saturated carbocycles. The molecule has 1 N–H and O–H groups in total. The quantitative estimate of drug-likeness (QED) is 0.883. The lowest BCUT2D eigenvalue weighted by Crippen LogP contribution is -2.34. The van der Waals surface area contributed by atoms with E-state index in [1.54, 1.807) is 23.1 Å². The Bertz CT molecular complexity index is 631. The van der Waals surface area contributed by atoms with Gasteiger partial charge in [0, 0.05) is 31.8 Å². The average molecular weight is 353 g/mol. The number of methoxy groups -OCH3 is 1. The number of hydrogen-bond acceptors (Lipinski definition) is 4. The maximum Gasteiger partial charge on any atom is 0.229 e. The Morgan fingerprint density at radius 3 is 3.00 bits per heavy atom. The number of amides is 2. The second-order valence-electron chi connectivity index (χ2n) is 6.17. The van der Waals surface area contributed by atoms with E-state index in [0.29, 0.717) is 29.5 Å². The molecule has 2 atom stereocenters. The van der Waals surface area contributed by atoms with Gasteiger partial charge in [-0.3, -0.25) is 9.59 Å². The molecule has 0 spiro atoms. The van der Waals surface area contributed by atoms with Gasteiger partial charge in [0.2, 0.25) is 11.8 Å². The number of anilines is 1. The Balaban J connectivity index is 1.57. The van der Waals surface area contributed by atoms with Crippen molar-refractivity contribution in [3.05, 3.63) is 23.2 Å². The van der Waals surface area contributed by atoms with Crippen molar-refractivity contribution in [3.63, 3.8) is 0 Å². The van der Waals surface area contributed by atoms with Crippen molar-refractivity contribution in [1.82, 2.24) is 4.90 Å². The highest BCUT2D eigenvalue weighted by Gasteiger charge is 2.36. The number of benzene rings is 1. The number of carbonyl (C=O) groups is 2. The van der Waals surface area contributed by atoms with E-state index in [1.807, 2.05) is 0 Å². The summed E-state index contributed by atoms with van der Waals surface area (Å²) < 4.78 is 10.7. The third-order valence-corrected chi connectivity index (χ3v) is 4.75. The van der Waals surface area contributed by atoms with Crippen LogP contribution in [0.15, 0.2) is 18.2 Å². The van der Waals surface area contributed by atoms with Crippen LogP contribution in [0.1, 0.15) is 19.3 Å². The van der Waals surface area contributed by atoms with Crippen LogP contribution in [0.4, 0.5) is 5.69 Å². The number of ether oxygens (including phenoxy) is 2. The van der Waals surface area contributed by atoms with E-state index < -0.39 is 0 Å². The van der Waals surface area contributed by atoms with Crippen LogP contribution in [0.5, 0.6) is 5.75 Å². The predicted molar refractivity (Wildman–Crippen MR) is 90.3 cm³/mol. The standard InChI is InChI=1S/C17H21ClN2O4/c1-23-15-5-4-12(8-14(15)18)19-17(22)11-7-16(21)20(9-11)10-13-3-2-6-24-13/h4-5,8,11,13H,2-3,6-7,9-10H2,1H3,(H,19,22). The molecule has 2 unspecified atom stereocenters. The van der Waals surface area contributed by atoms with Gasteiger partial charge in [0.1, 0.15) is 5.75 Å². The highest BCUT2D eigenvalue weighted by molar-refractivity contribution is 6.32. The molecule has 2 heterocycles. The first-order valence-electron chi connectivity index (χ1n) is 8.10. The Morgan fingerprint density at radius 2 is 2.33 bits per heavy atom. The molecular formula is C17H21ClN2O4. The number of rotatable bonds is 5. The monoisotopic (exact) mass is 352 g/mol. The minimum Gasteiger partial charge on any atom is -0.495 e. The summed E-state index contributed by atoms with van der Waals surface area (Å²) in [4.78, 5) is 26.3. The smallest absolute Gasteiger partial charge is 0.229 e.